The van der Waals surface area contributed by atoms with Crippen LogP contribution in [0.25, 0.3) is 0 Å². The normalized spacial score (nSPS) is 19.4. The van der Waals surface area contributed by atoms with Gasteiger partial charge in [0.1, 0.15) is 0 Å². The van der Waals surface area contributed by atoms with Gasteiger partial charge in [-0.2, -0.15) is 5.10 Å². The summed E-state index contributed by atoms with van der Waals surface area (Å²) in [7, 11) is 0. The molecule has 1 unspecified atom stereocenters. The summed E-state index contributed by atoms with van der Waals surface area (Å²) in [6, 6.07) is 8.73. The molecule has 4 nitrogen and oxygen atoms in total. The smallest absolute Gasteiger partial charge is 0.0710 e. The summed E-state index contributed by atoms with van der Waals surface area (Å²) in [5.74, 6) is 0. The predicted octanol–water partition coefficient (Wildman–Crippen LogP) is 2.23. The van der Waals surface area contributed by atoms with E-state index in [2.05, 4.69) is 33.7 Å². The first-order chi connectivity index (χ1) is 8.74. The van der Waals surface area contributed by atoms with Crippen molar-refractivity contribution < 1.29 is 0 Å². The van der Waals surface area contributed by atoms with Crippen molar-refractivity contribution in [2.24, 2.45) is 0 Å². The molecule has 2 aromatic rings. The van der Waals surface area contributed by atoms with Crippen molar-refractivity contribution in [2.45, 2.75) is 19.4 Å². The van der Waals surface area contributed by atoms with E-state index in [1.54, 1.807) is 0 Å². The summed E-state index contributed by atoms with van der Waals surface area (Å²) in [5, 5.41) is 4.33. The molecule has 0 bridgehead atoms. The zero-order valence-corrected chi connectivity index (χ0v) is 10.6. The molecule has 0 spiro atoms. The van der Waals surface area contributed by atoms with Crippen LogP contribution in [-0.2, 0) is 0 Å². The molecule has 18 heavy (non-hydrogen) atoms. The fourth-order valence-corrected chi connectivity index (χ4v) is 2.55. The minimum absolute atomic E-state index is 0.484. The van der Waals surface area contributed by atoms with Crippen LogP contribution in [0, 0.1) is 6.92 Å². The van der Waals surface area contributed by atoms with Gasteiger partial charge < -0.3 is 10.6 Å². The van der Waals surface area contributed by atoms with E-state index in [-0.39, 0.29) is 0 Å². The lowest BCUT2D eigenvalue weighted by Gasteiger charge is -2.19. The van der Waals surface area contributed by atoms with Gasteiger partial charge in [-0.25, -0.2) is 0 Å². The molecule has 1 aliphatic heterocycles. The van der Waals surface area contributed by atoms with Gasteiger partial charge >= 0.3 is 0 Å². The van der Waals surface area contributed by atoms with Gasteiger partial charge in [-0.1, -0.05) is 0 Å². The number of aromatic nitrogens is 2. The molecule has 0 aliphatic carbocycles. The van der Waals surface area contributed by atoms with Gasteiger partial charge in [0.15, 0.2) is 0 Å². The molecule has 1 aliphatic rings. The molecule has 1 atom stereocenters. The molecule has 94 valence electrons. The topological polar surface area (TPSA) is 47.1 Å². The maximum absolute atomic E-state index is 5.86. The highest BCUT2D eigenvalue weighted by Gasteiger charge is 2.24. The van der Waals surface area contributed by atoms with Gasteiger partial charge in [0, 0.05) is 36.9 Å². The third-order valence-electron chi connectivity index (χ3n) is 3.68. The summed E-state index contributed by atoms with van der Waals surface area (Å²) in [6.45, 7) is 4.15. The lowest BCUT2D eigenvalue weighted by atomic mass is 10.2. The summed E-state index contributed by atoms with van der Waals surface area (Å²) >= 11 is 0. The summed E-state index contributed by atoms with van der Waals surface area (Å²) in [6.07, 6.45) is 5.03. The van der Waals surface area contributed by atoms with Crippen LogP contribution in [0.3, 0.4) is 0 Å². The van der Waals surface area contributed by atoms with Gasteiger partial charge in [0.25, 0.3) is 0 Å². The minimum Gasteiger partial charge on any atom is -0.399 e. The Hall–Kier alpha value is -1.97. The molecule has 0 saturated carbocycles. The molecule has 4 heteroatoms. The molecule has 1 saturated heterocycles. The number of rotatable bonds is 2. The second kappa shape index (κ2) is 4.37. The fraction of sp³-hybridized carbons (Fsp3) is 0.357. The number of benzene rings is 1. The van der Waals surface area contributed by atoms with Crippen LogP contribution >= 0.6 is 0 Å². The number of anilines is 2. The van der Waals surface area contributed by atoms with Crippen molar-refractivity contribution in [3.63, 3.8) is 0 Å². The number of nitrogens with zero attached hydrogens (tertiary/aromatic N) is 3. The summed E-state index contributed by atoms with van der Waals surface area (Å²) < 4.78 is 2.06. The highest BCUT2D eigenvalue weighted by molar-refractivity contribution is 5.58. The number of nitrogen functional groups attached to an aromatic ring is 1. The monoisotopic (exact) mass is 242 g/mol. The Morgan fingerprint density at radius 1 is 1.39 bits per heavy atom. The van der Waals surface area contributed by atoms with E-state index >= 15 is 0 Å². The zero-order chi connectivity index (χ0) is 12.5. The third kappa shape index (κ3) is 1.94. The molecular weight excluding hydrogens is 224 g/mol. The van der Waals surface area contributed by atoms with Gasteiger partial charge in [-0.15, -0.1) is 0 Å². The average molecular weight is 242 g/mol. The Morgan fingerprint density at radius 3 is 3.00 bits per heavy atom. The van der Waals surface area contributed by atoms with Gasteiger partial charge in [-0.3, -0.25) is 4.68 Å². The lowest BCUT2D eigenvalue weighted by molar-refractivity contribution is 0.495. The Kier molecular flexibility index (Phi) is 2.70. The first kappa shape index (κ1) is 11.1. The predicted molar refractivity (Wildman–Crippen MR) is 73.7 cm³/mol. The molecule has 1 fully saturated rings. The first-order valence-corrected chi connectivity index (χ1v) is 6.34. The van der Waals surface area contributed by atoms with Crippen molar-refractivity contribution in [3.05, 3.63) is 42.2 Å². The SMILES string of the molecule is Cc1cc(N2CCC(n3cccn3)C2)ccc1N. The molecule has 2 heterocycles. The molecule has 1 aromatic heterocycles. The van der Waals surface area contributed by atoms with Gasteiger partial charge in [0.05, 0.1) is 6.04 Å². The third-order valence-corrected chi connectivity index (χ3v) is 3.68. The average Bonchev–Trinajstić information content (AvgIpc) is 3.01. The number of hydrogen-bond donors (Lipinski definition) is 1. The van der Waals surface area contributed by atoms with Gasteiger partial charge in [-0.05, 0) is 43.2 Å². The highest BCUT2D eigenvalue weighted by atomic mass is 15.3. The van der Waals surface area contributed by atoms with Gasteiger partial charge in [0.2, 0.25) is 0 Å². The van der Waals surface area contributed by atoms with E-state index in [4.69, 9.17) is 5.73 Å². The quantitative estimate of drug-likeness (QED) is 0.821. The van der Waals surface area contributed by atoms with E-state index in [9.17, 15) is 0 Å². The molecule has 1 aromatic carbocycles. The largest absolute Gasteiger partial charge is 0.399 e. The lowest BCUT2D eigenvalue weighted by Crippen LogP contribution is -2.21. The molecule has 0 radical (unpaired) electrons. The highest BCUT2D eigenvalue weighted by Crippen LogP contribution is 2.28. The first-order valence-electron chi connectivity index (χ1n) is 6.34. The van der Waals surface area contributed by atoms with Crippen LogP contribution in [0.2, 0.25) is 0 Å². The molecule has 2 N–H and O–H groups in total. The van der Waals surface area contributed by atoms with E-state index in [0.717, 1.165) is 30.8 Å². The van der Waals surface area contributed by atoms with Crippen LogP contribution in [0.5, 0.6) is 0 Å². The maximum Gasteiger partial charge on any atom is 0.0710 e. The zero-order valence-electron chi connectivity index (χ0n) is 10.6. The Labute approximate surface area is 107 Å². The molecular formula is C14H18N4. The van der Waals surface area contributed by atoms with Crippen LogP contribution in [0.4, 0.5) is 11.4 Å². The van der Waals surface area contributed by atoms with Crippen molar-refractivity contribution in [1.82, 2.24) is 9.78 Å². The van der Waals surface area contributed by atoms with Crippen LogP contribution in [0.15, 0.2) is 36.7 Å². The standard InChI is InChI=1S/C14H18N4/c1-11-9-12(3-4-14(11)15)17-8-5-13(10-17)18-7-2-6-16-18/h2-4,6-7,9,13H,5,8,10,15H2,1H3. The van der Waals surface area contributed by atoms with E-state index in [1.165, 1.54) is 5.69 Å². The van der Waals surface area contributed by atoms with Crippen LogP contribution in [-0.4, -0.2) is 22.9 Å². The van der Waals surface area contributed by atoms with Crippen molar-refractivity contribution in [2.75, 3.05) is 23.7 Å². The van der Waals surface area contributed by atoms with E-state index in [0.29, 0.717) is 6.04 Å². The van der Waals surface area contributed by atoms with Crippen LogP contribution in [0.1, 0.15) is 18.0 Å². The van der Waals surface area contributed by atoms with Crippen molar-refractivity contribution in [3.8, 4) is 0 Å². The Morgan fingerprint density at radius 2 is 2.28 bits per heavy atom. The minimum atomic E-state index is 0.484. The Balaban J connectivity index is 1.77. The fourth-order valence-electron chi connectivity index (χ4n) is 2.55. The van der Waals surface area contributed by atoms with Crippen molar-refractivity contribution >= 4 is 11.4 Å². The maximum atomic E-state index is 5.86. The number of nitrogens with two attached hydrogens (primary N) is 1. The van der Waals surface area contributed by atoms with Crippen LogP contribution < -0.4 is 10.6 Å². The number of hydrogen-bond acceptors (Lipinski definition) is 3. The molecule has 0 amide bonds. The Bertz CT molecular complexity index is 533. The molecule has 3 rings (SSSR count). The van der Waals surface area contributed by atoms with Crippen molar-refractivity contribution in [1.29, 1.82) is 0 Å². The second-order valence-electron chi connectivity index (χ2n) is 4.92. The van der Waals surface area contributed by atoms with E-state index in [1.807, 2.05) is 24.5 Å². The number of aryl methyl sites for hydroxylation is 1. The van der Waals surface area contributed by atoms with E-state index < -0.39 is 0 Å². The second-order valence-corrected chi connectivity index (χ2v) is 4.92. The summed E-state index contributed by atoms with van der Waals surface area (Å²) in [5.41, 5.74) is 9.13. The summed E-state index contributed by atoms with van der Waals surface area (Å²) in [4.78, 5) is 2.40.